The van der Waals surface area contributed by atoms with Crippen molar-refractivity contribution < 1.29 is 0 Å². The van der Waals surface area contributed by atoms with Crippen molar-refractivity contribution in [3.05, 3.63) is 36.4 Å². The number of rotatable bonds is 1. The smallest absolute Gasteiger partial charge is 0.164 e. The number of nitrogens with zero attached hydrogens (tertiary/aromatic N) is 8. The van der Waals surface area contributed by atoms with Crippen molar-refractivity contribution in [1.82, 2.24) is 34.5 Å². The lowest BCUT2D eigenvalue weighted by Crippen LogP contribution is -2.37. The van der Waals surface area contributed by atoms with E-state index in [0.717, 1.165) is 79.2 Å². The van der Waals surface area contributed by atoms with Gasteiger partial charge < -0.3 is 10.2 Å². The van der Waals surface area contributed by atoms with Crippen molar-refractivity contribution in [3.63, 3.8) is 0 Å². The summed E-state index contributed by atoms with van der Waals surface area (Å²) < 4.78 is 4.09. The predicted molar refractivity (Wildman–Crippen MR) is 119 cm³/mol. The molecule has 0 atom stereocenters. The van der Waals surface area contributed by atoms with Crippen LogP contribution in [-0.2, 0) is 20.0 Å². The average molecular weight is 416 g/mol. The summed E-state index contributed by atoms with van der Waals surface area (Å²) in [5.41, 5.74) is 3.29. The summed E-state index contributed by atoms with van der Waals surface area (Å²) in [5.74, 6) is 3.23. The first kappa shape index (κ1) is 18.3. The summed E-state index contributed by atoms with van der Waals surface area (Å²) in [5, 5.41) is 13.9. The van der Waals surface area contributed by atoms with Gasteiger partial charge in [0.05, 0.1) is 22.7 Å². The van der Waals surface area contributed by atoms with Crippen LogP contribution in [0.3, 0.4) is 0 Å². The van der Waals surface area contributed by atoms with Gasteiger partial charge in [0.2, 0.25) is 0 Å². The molecule has 0 aromatic carbocycles. The van der Waals surface area contributed by atoms with Crippen LogP contribution in [0.15, 0.2) is 30.7 Å². The minimum atomic E-state index is 0.689. The molecule has 0 aliphatic carbocycles. The highest BCUT2D eigenvalue weighted by atomic mass is 15.4. The molecule has 0 amide bonds. The minimum absolute atomic E-state index is 0.689. The number of hydrogen-bond donors (Lipinski definition) is 1. The van der Waals surface area contributed by atoms with Gasteiger partial charge in [-0.2, -0.15) is 10.2 Å². The summed E-state index contributed by atoms with van der Waals surface area (Å²) in [6.45, 7) is 3.05. The van der Waals surface area contributed by atoms with E-state index in [1.807, 2.05) is 30.2 Å². The molecule has 9 nitrogen and oxygen atoms in total. The van der Waals surface area contributed by atoms with Gasteiger partial charge in [-0.1, -0.05) is 6.42 Å². The molecule has 1 saturated heterocycles. The fourth-order valence-electron chi connectivity index (χ4n) is 4.42. The maximum atomic E-state index is 4.96. The zero-order valence-corrected chi connectivity index (χ0v) is 17.6. The highest BCUT2D eigenvalue weighted by Crippen LogP contribution is 2.31. The molecule has 6 heterocycles. The van der Waals surface area contributed by atoms with E-state index >= 15 is 0 Å². The van der Waals surface area contributed by atoms with Gasteiger partial charge in [0, 0.05) is 50.8 Å². The topological polar surface area (TPSA) is 89.6 Å². The molecule has 158 valence electrons. The largest absolute Gasteiger partial charge is 0.354 e. The fraction of sp³-hybridized carbons (Fsp3) is 0.409. The molecule has 0 radical (unpaired) electrons. The van der Waals surface area contributed by atoms with E-state index in [4.69, 9.17) is 10.1 Å². The highest BCUT2D eigenvalue weighted by Gasteiger charge is 2.22. The SMILES string of the molecule is Cn1ncc2c1CCCCCn1nc(N3CCC3)c3cnc(cc31)Nc1ccnc-2n1. The fourth-order valence-corrected chi connectivity index (χ4v) is 4.42. The predicted octanol–water partition coefficient (Wildman–Crippen LogP) is 3.30. The number of aromatic nitrogens is 7. The van der Waals surface area contributed by atoms with Crippen LogP contribution in [0.1, 0.15) is 31.4 Å². The number of nitrogens with one attached hydrogen (secondary N) is 1. The summed E-state index contributed by atoms with van der Waals surface area (Å²) in [6, 6.07) is 3.95. The van der Waals surface area contributed by atoms with Crippen LogP contribution in [0, 0.1) is 0 Å². The zero-order valence-electron chi connectivity index (χ0n) is 17.6. The van der Waals surface area contributed by atoms with Gasteiger partial charge in [-0.25, -0.2) is 15.0 Å². The number of aryl methyl sites for hydroxylation is 2. The highest BCUT2D eigenvalue weighted by molar-refractivity contribution is 5.92. The van der Waals surface area contributed by atoms with Crippen LogP contribution >= 0.6 is 0 Å². The van der Waals surface area contributed by atoms with E-state index in [1.165, 1.54) is 12.1 Å². The molecule has 4 bridgehead atoms. The Morgan fingerprint density at radius 1 is 0.968 bits per heavy atom. The lowest BCUT2D eigenvalue weighted by Gasteiger charge is -2.31. The van der Waals surface area contributed by atoms with Crippen molar-refractivity contribution >= 4 is 28.4 Å². The van der Waals surface area contributed by atoms with Gasteiger partial charge in [-0.3, -0.25) is 9.36 Å². The summed E-state index contributed by atoms with van der Waals surface area (Å²) in [6.07, 6.45) is 11.1. The van der Waals surface area contributed by atoms with Gasteiger partial charge in [-0.15, -0.1) is 0 Å². The molecule has 2 aliphatic heterocycles. The number of hydrogen-bond acceptors (Lipinski definition) is 7. The zero-order chi connectivity index (χ0) is 20.8. The normalized spacial score (nSPS) is 16.4. The Balaban J connectivity index is 1.43. The van der Waals surface area contributed by atoms with Crippen molar-refractivity contribution in [3.8, 4) is 11.4 Å². The van der Waals surface area contributed by atoms with Gasteiger partial charge in [0.15, 0.2) is 11.6 Å². The molecule has 1 fully saturated rings. The Morgan fingerprint density at radius 2 is 1.90 bits per heavy atom. The van der Waals surface area contributed by atoms with Gasteiger partial charge in [0.25, 0.3) is 0 Å². The lowest BCUT2D eigenvalue weighted by atomic mass is 10.1. The Bertz CT molecular complexity index is 1250. The standard InChI is InChI=1S/C22H25N9/c1-29-17-6-3-2-4-11-31-18-12-20(24-13-16(18)22(28-31)30-9-5-10-30)26-19-7-8-23-21(27-19)15(17)14-25-29/h7-8,12-14H,2-6,9-11H2,1H3,(H,23,24,26,27). The molecule has 0 saturated carbocycles. The van der Waals surface area contributed by atoms with Crippen LogP contribution in [0.4, 0.5) is 17.5 Å². The quantitative estimate of drug-likeness (QED) is 0.510. The van der Waals surface area contributed by atoms with Gasteiger partial charge in [0.1, 0.15) is 11.6 Å². The molecule has 31 heavy (non-hydrogen) atoms. The maximum absolute atomic E-state index is 4.96. The monoisotopic (exact) mass is 415 g/mol. The molecule has 0 spiro atoms. The van der Waals surface area contributed by atoms with Crippen molar-refractivity contribution in [2.75, 3.05) is 23.3 Å². The number of pyridine rings is 1. The number of fused-ring (bicyclic) bond motifs is 5. The van der Waals surface area contributed by atoms with Crippen LogP contribution < -0.4 is 10.2 Å². The molecule has 1 N–H and O–H groups in total. The second-order valence-electron chi connectivity index (χ2n) is 8.30. The molecule has 6 rings (SSSR count). The second kappa shape index (κ2) is 7.33. The molecule has 9 heteroatoms. The Hall–Kier alpha value is -3.49. The molecule has 0 unspecified atom stereocenters. The maximum Gasteiger partial charge on any atom is 0.164 e. The van der Waals surface area contributed by atoms with Gasteiger partial charge >= 0.3 is 0 Å². The number of anilines is 3. The first-order valence-corrected chi connectivity index (χ1v) is 11.0. The van der Waals surface area contributed by atoms with Crippen LogP contribution in [-0.4, -0.2) is 47.6 Å². The first-order valence-electron chi connectivity index (χ1n) is 11.0. The van der Waals surface area contributed by atoms with Crippen LogP contribution in [0.2, 0.25) is 0 Å². The summed E-state index contributed by atoms with van der Waals surface area (Å²) in [4.78, 5) is 16.3. The molecule has 2 aliphatic rings. The lowest BCUT2D eigenvalue weighted by molar-refractivity contribution is 0.541. The molecular formula is C22H25N9. The van der Waals surface area contributed by atoms with Crippen LogP contribution in [0.5, 0.6) is 0 Å². The van der Waals surface area contributed by atoms with Crippen molar-refractivity contribution in [1.29, 1.82) is 0 Å². The molecular weight excluding hydrogens is 390 g/mol. The molecule has 4 aromatic rings. The third-order valence-corrected chi connectivity index (χ3v) is 6.27. The average Bonchev–Trinajstić information content (AvgIpc) is 3.27. The summed E-state index contributed by atoms with van der Waals surface area (Å²) in [7, 11) is 1.99. The Kier molecular flexibility index (Phi) is 4.33. The molecule has 4 aromatic heterocycles. The minimum Gasteiger partial charge on any atom is -0.354 e. The second-order valence-corrected chi connectivity index (χ2v) is 8.30. The van der Waals surface area contributed by atoms with E-state index in [9.17, 15) is 0 Å². The van der Waals surface area contributed by atoms with E-state index < -0.39 is 0 Å². The van der Waals surface area contributed by atoms with Crippen molar-refractivity contribution in [2.45, 2.75) is 38.6 Å². The third-order valence-electron chi connectivity index (χ3n) is 6.27. The van der Waals surface area contributed by atoms with Gasteiger partial charge in [-0.05, 0) is 31.7 Å². The van der Waals surface area contributed by atoms with E-state index in [0.29, 0.717) is 5.82 Å². The summed E-state index contributed by atoms with van der Waals surface area (Å²) >= 11 is 0. The third kappa shape index (κ3) is 3.20. The Morgan fingerprint density at radius 3 is 2.77 bits per heavy atom. The van der Waals surface area contributed by atoms with E-state index in [2.05, 4.69) is 36.0 Å². The van der Waals surface area contributed by atoms with Crippen molar-refractivity contribution in [2.24, 2.45) is 7.05 Å². The first-order chi connectivity index (χ1) is 15.3. The van der Waals surface area contributed by atoms with E-state index in [1.54, 1.807) is 6.20 Å². The van der Waals surface area contributed by atoms with E-state index in [-0.39, 0.29) is 0 Å². The van der Waals surface area contributed by atoms with Crippen LogP contribution in [0.25, 0.3) is 22.3 Å². The Labute approximate surface area is 180 Å².